The van der Waals surface area contributed by atoms with Crippen LogP contribution in [0.2, 0.25) is 0 Å². The topological polar surface area (TPSA) is 67.9 Å². The zero-order chi connectivity index (χ0) is 21.8. The SMILES string of the molecule is COc1ccc(C(=O)Nc2ccc3c(c2)CCC(=O)N3Cc2ccccc2)cc1OC. The fourth-order valence-electron chi connectivity index (χ4n) is 3.76. The lowest BCUT2D eigenvalue weighted by atomic mass is 9.99. The van der Waals surface area contributed by atoms with E-state index < -0.39 is 0 Å². The lowest BCUT2D eigenvalue weighted by Crippen LogP contribution is -2.34. The molecule has 158 valence electrons. The van der Waals surface area contributed by atoms with E-state index in [1.54, 1.807) is 25.3 Å². The quantitative estimate of drug-likeness (QED) is 0.645. The molecule has 0 bridgehead atoms. The first-order valence-electron chi connectivity index (χ1n) is 10.1. The number of hydrogen-bond donors (Lipinski definition) is 1. The number of rotatable bonds is 6. The number of carbonyl (C=O) groups is 2. The van der Waals surface area contributed by atoms with Crippen LogP contribution in [0.4, 0.5) is 11.4 Å². The van der Waals surface area contributed by atoms with Crippen molar-refractivity contribution in [1.82, 2.24) is 0 Å². The van der Waals surface area contributed by atoms with E-state index in [0.717, 1.165) is 16.8 Å². The molecule has 0 saturated heterocycles. The van der Waals surface area contributed by atoms with Crippen LogP contribution in [-0.2, 0) is 17.8 Å². The summed E-state index contributed by atoms with van der Waals surface area (Å²) in [5.41, 5.74) is 4.17. The molecule has 1 N–H and O–H groups in total. The molecule has 1 aliphatic heterocycles. The Morgan fingerprint density at radius 3 is 2.45 bits per heavy atom. The third-order valence-corrected chi connectivity index (χ3v) is 5.37. The van der Waals surface area contributed by atoms with Gasteiger partial charge >= 0.3 is 0 Å². The van der Waals surface area contributed by atoms with Crippen molar-refractivity contribution in [3.63, 3.8) is 0 Å². The zero-order valence-electron chi connectivity index (χ0n) is 17.6. The maximum absolute atomic E-state index is 12.7. The Kier molecular flexibility index (Phi) is 5.89. The van der Waals surface area contributed by atoms with Crippen molar-refractivity contribution in [2.24, 2.45) is 0 Å². The number of carbonyl (C=O) groups excluding carboxylic acids is 2. The summed E-state index contributed by atoms with van der Waals surface area (Å²) in [6.07, 6.45) is 1.10. The summed E-state index contributed by atoms with van der Waals surface area (Å²) in [5.74, 6) is 0.930. The number of benzene rings is 3. The maximum atomic E-state index is 12.7. The zero-order valence-corrected chi connectivity index (χ0v) is 17.6. The van der Waals surface area contributed by atoms with Gasteiger partial charge in [0.2, 0.25) is 5.91 Å². The normalized spacial score (nSPS) is 12.8. The second-order valence-electron chi connectivity index (χ2n) is 7.33. The Balaban J connectivity index is 1.54. The summed E-state index contributed by atoms with van der Waals surface area (Å²) in [4.78, 5) is 27.1. The van der Waals surface area contributed by atoms with E-state index in [-0.39, 0.29) is 11.8 Å². The maximum Gasteiger partial charge on any atom is 0.255 e. The Hall–Kier alpha value is -3.80. The highest BCUT2D eigenvalue weighted by Gasteiger charge is 2.24. The van der Waals surface area contributed by atoms with Crippen LogP contribution in [0.15, 0.2) is 66.7 Å². The van der Waals surface area contributed by atoms with Gasteiger partial charge in [-0.25, -0.2) is 0 Å². The lowest BCUT2D eigenvalue weighted by Gasteiger charge is -2.30. The molecule has 0 spiro atoms. The largest absolute Gasteiger partial charge is 0.493 e. The molecule has 1 heterocycles. The molecule has 0 saturated carbocycles. The average molecular weight is 416 g/mol. The van der Waals surface area contributed by atoms with Gasteiger partial charge in [-0.05, 0) is 53.9 Å². The predicted octanol–water partition coefficient (Wildman–Crippen LogP) is 4.44. The molecule has 0 unspecified atom stereocenters. The van der Waals surface area contributed by atoms with Crippen LogP contribution in [0.3, 0.4) is 0 Å². The first-order chi connectivity index (χ1) is 15.1. The number of methoxy groups -OCH3 is 2. The number of aryl methyl sites for hydroxylation is 1. The Labute approximate surface area is 181 Å². The van der Waals surface area contributed by atoms with Crippen LogP contribution >= 0.6 is 0 Å². The second-order valence-corrected chi connectivity index (χ2v) is 7.33. The summed E-state index contributed by atoms with van der Waals surface area (Å²) < 4.78 is 10.5. The van der Waals surface area contributed by atoms with Gasteiger partial charge in [0.15, 0.2) is 11.5 Å². The van der Waals surface area contributed by atoms with Crippen molar-refractivity contribution >= 4 is 23.2 Å². The highest BCUT2D eigenvalue weighted by molar-refractivity contribution is 6.05. The summed E-state index contributed by atoms with van der Waals surface area (Å²) >= 11 is 0. The van der Waals surface area contributed by atoms with Gasteiger partial charge in [0, 0.05) is 23.4 Å². The Morgan fingerprint density at radius 2 is 1.71 bits per heavy atom. The van der Waals surface area contributed by atoms with Crippen molar-refractivity contribution < 1.29 is 19.1 Å². The van der Waals surface area contributed by atoms with Crippen LogP contribution in [0.5, 0.6) is 11.5 Å². The minimum atomic E-state index is -0.242. The Bertz CT molecular complexity index is 1110. The molecular weight excluding hydrogens is 392 g/mol. The van der Waals surface area contributed by atoms with Gasteiger partial charge in [0.05, 0.1) is 20.8 Å². The summed E-state index contributed by atoms with van der Waals surface area (Å²) in [6.45, 7) is 0.532. The summed E-state index contributed by atoms with van der Waals surface area (Å²) in [5, 5.41) is 2.93. The second kappa shape index (κ2) is 8.92. The van der Waals surface area contributed by atoms with Gasteiger partial charge in [0.25, 0.3) is 5.91 Å². The standard InChI is InChI=1S/C25H24N2O4/c1-30-22-12-8-19(15-23(22)31-2)25(29)26-20-10-11-21-18(14-20)9-13-24(28)27(21)16-17-6-4-3-5-7-17/h3-8,10-12,14-15H,9,13,16H2,1-2H3,(H,26,29). The first-order valence-corrected chi connectivity index (χ1v) is 10.1. The van der Waals surface area contributed by atoms with Gasteiger partial charge in [-0.1, -0.05) is 30.3 Å². The van der Waals surface area contributed by atoms with E-state index >= 15 is 0 Å². The highest BCUT2D eigenvalue weighted by atomic mass is 16.5. The molecule has 0 aliphatic carbocycles. The summed E-state index contributed by atoms with van der Waals surface area (Å²) in [7, 11) is 3.09. The highest BCUT2D eigenvalue weighted by Crippen LogP contribution is 2.32. The molecule has 6 nitrogen and oxygen atoms in total. The molecule has 0 aromatic heterocycles. The van der Waals surface area contributed by atoms with Crippen LogP contribution in [0, 0.1) is 0 Å². The lowest BCUT2D eigenvalue weighted by molar-refractivity contribution is -0.119. The fraction of sp³-hybridized carbons (Fsp3) is 0.200. The first kappa shape index (κ1) is 20.5. The third kappa shape index (κ3) is 4.38. The molecule has 1 aliphatic rings. The van der Waals surface area contributed by atoms with Crippen molar-refractivity contribution in [2.75, 3.05) is 24.4 Å². The minimum absolute atomic E-state index is 0.110. The number of nitrogens with one attached hydrogen (secondary N) is 1. The minimum Gasteiger partial charge on any atom is -0.493 e. The molecule has 0 fully saturated rings. The van der Waals surface area contributed by atoms with Gasteiger partial charge in [-0.2, -0.15) is 0 Å². The van der Waals surface area contributed by atoms with Gasteiger partial charge in [-0.15, -0.1) is 0 Å². The molecule has 6 heteroatoms. The Morgan fingerprint density at radius 1 is 0.935 bits per heavy atom. The van der Waals surface area contributed by atoms with E-state index in [0.29, 0.717) is 42.1 Å². The van der Waals surface area contributed by atoms with Crippen LogP contribution in [0.1, 0.15) is 27.9 Å². The van der Waals surface area contributed by atoms with Crippen molar-refractivity contribution in [3.05, 3.63) is 83.4 Å². The van der Waals surface area contributed by atoms with E-state index in [9.17, 15) is 9.59 Å². The molecule has 0 radical (unpaired) electrons. The molecule has 3 aromatic rings. The number of fused-ring (bicyclic) bond motifs is 1. The van der Waals surface area contributed by atoms with E-state index in [4.69, 9.17) is 9.47 Å². The van der Waals surface area contributed by atoms with Crippen molar-refractivity contribution in [3.8, 4) is 11.5 Å². The molecular formula is C25H24N2O4. The predicted molar refractivity (Wildman–Crippen MR) is 120 cm³/mol. The van der Waals surface area contributed by atoms with Crippen molar-refractivity contribution in [1.29, 1.82) is 0 Å². The molecule has 31 heavy (non-hydrogen) atoms. The fourth-order valence-corrected chi connectivity index (χ4v) is 3.76. The van der Waals surface area contributed by atoms with Gasteiger partial charge in [0.1, 0.15) is 0 Å². The van der Waals surface area contributed by atoms with Gasteiger partial charge in [-0.3, -0.25) is 9.59 Å². The van der Waals surface area contributed by atoms with Crippen LogP contribution in [0.25, 0.3) is 0 Å². The number of anilines is 2. The molecule has 3 aromatic carbocycles. The monoisotopic (exact) mass is 416 g/mol. The van der Waals surface area contributed by atoms with Gasteiger partial charge < -0.3 is 19.7 Å². The van der Waals surface area contributed by atoms with E-state index in [1.165, 1.54) is 7.11 Å². The third-order valence-electron chi connectivity index (χ3n) is 5.37. The van der Waals surface area contributed by atoms with E-state index in [1.807, 2.05) is 53.4 Å². The number of nitrogens with zero attached hydrogens (tertiary/aromatic N) is 1. The number of amides is 2. The van der Waals surface area contributed by atoms with Crippen LogP contribution < -0.4 is 19.7 Å². The van der Waals surface area contributed by atoms with Crippen molar-refractivity contribution in [2.45, 2.75) is 19.4 Å². The average Bonchev–Trinajstić information content (AvgIpc) is 2.81. The molecule has 2 amide bonds. The molecule has 4 rings (SSSR count). The smallest absolute Gasteiger partial charge is 0.255 e. The number of hydrogen-bond acceptors (Lipinski definition) is 4. The van der Waals surface area contributed by atoms with E-state index in [2.05, 4.69) is 5.32 Å². The number of ether oxygens (including phenoxy) is 2. The van der Waals surface area contributed by atoms with Crippen LogP contribution in [-0.4, -0.2) is 26.0 Å². The summed E-state index contributed by atoms with van der Waals surface area (Å²) in [6, 6.07) is 20.6. The molecule has 0 atom stereocenters.